The molecule has 10 heteroatoms. The van der Waals surface area contributed by atoms with E-state index < -0.39 is 4.92 Å². The summed E-state index contributed by atoms with van der Waals surface area (Å²) < 4.78 is 0. The Morgan fingerprint density at radius 1 is 1.10 bits per heavy atom. The second kappa shape index (κ2) is 13.8. The van der Waals surface area contributed by atoms with Crippen LogP contribution in [0.3, 0.4) is 0 Å². The second-order valence-electron chi connectivity index (χ2n) is 6.32. The largest absolute Gasteiger partial charge is 0.356 e. The lowest BCUT2D eigenvalue weighted by Crippen LogP contribution is -2.43. The molecule has 0 aliphatic rings. The smallest absolute Gasteiger partial charge is 0.269 e. The Kier molecular flexibility index (Phi) is 11.8. The van der Waals surface area contributed by atoms with Gasteiger partial charge in [-0.05, 0) is 17.7 Å². The molecule has 2 aromatic rings. The minimum Gasteiger partial charge on any atom is -0.356 e. The van der Waals surface area contributed by atoms with Gasteiger partial charge in [0.15, 0.2) is 5.96 Å². The number of benzene rings is 2. The molecule has 0 aromatic heterocycles. The summed E-state index contributed by atoms with van der Waals surface area (Å²) in [5.74, 6) is 1.30. The van der Waals surface area contributed by atoms with Gasteiger partial charge in [0, 0.05) is 43.4 Å². The summed E-state index contributed by atoms with van der Waals surface area (Å²) in [6.07, 6.45) is 0. The van der Waals surface area contributed by atoms with Gasteiger partial charge in [-0.25, -0.2) is 4.99 Å². The molecule has 162 valence electrons. The SMILES string of the molecule is CN(C)C(=O)CNC(=NCc1ccc([N+](=O)[O-])cc1)NCCSc1ccccc1.I. The number of hydrogen-bond donors (Lipinski definition) is 2. The molecule has 1 amide bonds. The highest BCUT2D eigenvalue weighted by Crippen LogP contribution is 2.15. The van der Waals surface area contributed by atoms with Crippen molar-refractivity contribution in [2.24, 2.45) is 4.99 Å². The molecule has 0 aliphatic carbocycles. The van der Waals surface area contributed by atoms with Crippen LogP contribution >= 0.6 is 35.7 Å². The van der Waals surface area contributed by atoms with E-state index in [1.54, 1.807) is 38.0 Å². The standard InChI is InChI=1S/C20H25N5O3S.HI/c1-24(2)19(26)15-23-20(21-12-13-29-18-6-4-3-5-7-18)22-14-16-8-10-17(11-9-16)25(27)28;/h3-11H,12-15H2,1-2H3,(H2,21,22,23);1H. The number of nitro benzene ring substituents is 1. The molecule has 2 aromatic carbocycles. The van der Waals surface area contributed by atoms with E-state index in [9.17, 15) is 14.9 Å². The topological polar surface area (TPSA) is 99.9 Å². The fourth-order valence-electron chi connectivity index (χ4n) is 2.24. The van der Waals surface area contributed by atoms with Crippen molar-refractivity contribution >= 4 is 53.3 Å². The monoisotopic (exact) mass is 543 g/mol. The van der Waals surface area contributed by atoms with Crippen LogP contribution in [0.25, 0.3) is 0 Å². The quantitative estimate of drug-likeness (QED) is 0.0960. The molecule has 30 heavy (non-hydrogen) atoms. The Hall–Kier alpha value is -2.34. The van der Waals surface area contributed by atoms with E-state index in [1.807, 2.05) is 18.2 Å². The number of aliphatic imine (C=N–C) groups is 1. The summed E-state index contributed by atoms with van der Waals surface area (Å²) in [7, 11) is 3.39. The molecule has 0 unspecified atom stereocenters. The van der Waals surface area contributed by atoms with Gasteiger partial charge in [-0.15, -0.1) is 35.7 Å². The van der Waals surface area contributed by atoms with Gasteiger partial charge in [0.25, 0.3) is 5.69 Å². The van der Waals surface area contributed by atoms with E-state index in [2.05, 4.69) is 27.8 Å². The van der Waals surface area contributed by atoms with E-state index in [1.165, 1.54) is 21.9 Å². The summed E-state index contributed by atoms with van der Waals surface area (Å²) in [5, 5.41) is 17.0. The first kappa shape index (κ1) is 25.7. The van der Waals surface area contributed by atoms with Gasteiger partial charge in [-0.2, -0.15) is 0 Å². The van der Waals surface area contributed by atoms with Crippen LogP contribution in [0, 0.1) is 10.1 Å². The lowest BCUT2D eigenvalue weighted by molar-refractivity contribution is -0.384. The maximum Gasteiger partial charge on any atom is 0.269 e. The Morgan fingerprint density at radius 2 is 1.77 bits per heavy atom. The fourth-order valence-corrected chi connectivity index (χ4v) is 3.03. The molecule has 0 bridgehead atoms. The third kappa shape index (κ3) is 9.44. The Balaban J connectivity index is 0.00000450. The van der Waals surface area contributed by atoms with Gasteiger partial charge < -0.3 is 15.5 Å². The van der Waals surface area contributed by atoms with Gasteiger partial charge in [0.05, 0.1) is 18.0 Å². The summed E-state index contributed by atoms with van der Waals surface area (Å²) in [5.41, 5.74) is 0.887. The minimum atomic E-state index is -0.432. The summed E-state index contributed by atoms with van der Waals surface area (Å²) >= 11 is 1.73. The van der Waals surface area contributed by atoms with Gasteiger partial charge in [0.1, 0.15) is 0 Å². The van der Waals surface area contributed by atoms with Crippen molar-refractivity contribution in [1.82, 2.24) is 15.5 Å². The third-order valence-electron chi connectivity index (χ3n) is 3.88. The molecular weight excluding hydrogens is 517 g/mol. The number of hydrogen-bond acceptors (Lipinski definition) is 5. The second-order valence-corrected chi connectivity index (χ2v) is 7.49. The van der Waals surface area contributed by atoms with Crippen molar-refractivity contribution in [3.63, 3.8) is 0 Å². The number of halogens is 1. The molecule has 0 aliphatic heterocycles. The van der Waals surface area contributed by atoms with Crippen molar-refractivity contribution in [3.05, 3.63) is 70.3 Å². The van der Waals surface area contributed by atoms with Crippen molar-refractivity contribution < 1.29 is 9.72 Å². The van der Waals surface area contributed by atoms with Crippen LogP contribution in [0.2, 0.25) is 0 Å². The number of thioether (sulfide) groups is 1. The minimum absolute atomic E-state index is 0. The number of nitro groups is 1. The zero-order chi connectivity index (χ0) is 21.1. The first-order valence-electron chi connectivity index (χ1n) is 9.09. The van der Waals surface area contributed by atoms with Crippen LogP contribution in [-0.4, -0.2) is 54.6 Å². The molecule has 0 saturated carbocycles. The van der Waals surface area contributed by atoms with Crippen LogP contribution in [0.1, 0.15) is 5.56 Å². The Morgan fingerprint density at radius 3 is 2.37 bits per heavy atom. The number of non-ortho nitro benzene ring substituents is 1. The van der Waals surface area contributed by atoms with Crippen molar-refractivity contribution in [3.8, 4) is 0 Å². The van der Waals surface area contributed by atoms with E-state index >= 15 is 0 Å². The molecule has 0 fully saturated rings. The number of nitrogens with one attached hydrogen (secondary N) is 2. The first-order valence-corrected chi connectivity index (χ1v) is 10.1. The van der Waals surface area contributed by atoms with Crippen LogP contribution in [0.5, 0.6) is 0 Å². The molecule has 0 radical (unpaired) electrons. The highest BCUT2D eigenvalue weighted by Gasteiger charge is 2.07. The van der Waals surface area contributed by atoms with Crippen molar-refractivity contribution in [2.45, 2.75) is 11.4 Å². The van der Waals surface area contributed by atoms with E-state index in [0.717, 1.165) is 11.3 Å². The van der Waals surface area contributed by atoms with E-state index in [4.69, 9.17) is 0 Å². The Labute approximate surface area is 197 Å². The predicted molar refractivity (Wildman–Crippen MR) is 132 cm³/mol. The van der Waals surface area contributed by atoms with Crippen LogP contribution in [0.4, 0.5) is 5.69 Å². The van der Waals surface area contributed by atoms with Crippen molar-refractivity contribution in [1.29, 1.82) is 0 Å². The Bertz CT molecular complexity index is 832. The highest BCUT2D eigenvalue weighted by molar-refractivity contribution is 14.0. The summed E-state index contributed by atoms with van der Waals surface area (Å²) in [6, 6.07) is 16.4. The number of guanidine groups is 1. The van der Waals surface area contributed by atoms with E-state index in [0.29, 0.717) is 19.0 Å². The van der Waals surface area contributed by atoms with Crippen LogP contribution < -0.4 is 10.6 Å². The molecule has 8 nitrogen and oxygen atoms in total. The summed E-state index contributed by atoms with van der Waals surface area (Å²) in [4.78, 5) is 29.4. The number of amides is 1. The number of nitrogens with zero attached hydrogens (tertiary/aromatic N) is 3. The van der Waals surface area contributed by atoms with Gasteiger partial charge >= 0.3 is 0 Å². The maximum absolute atomic E-state index is 11.9. The normalized spacial score (nSPS) is 10.7. The van der Waals surface area contributed by atoms with Gasteiger partial charge in [-0.3, -0.25) is 14.9 Å². The van der Waals surface area contributed by atoms with E-state index in [-0.39, 0.29) is 42.1 Å². The zero-order valence-electron chi connectivity index (χ0n) is 16.9. The fraction of sp³-hybridized carbons (Fsp3) is 0.300. The molecule has 0 saturated heterocycles. The van der Waals surface area contributed by atoms with Gasteiger partial charge in [0.2, 0.25) is 5.91 Å². The number of rotatable bonds is 9. The number of carbonyl (C=O) groups excluding carboxylic acids is 1. The molecule has 0 atom stereocenters. The lowest BCUT2D eigenvalue weighted by atomic mass is 10.2. The van der Waals surface area contributed by atoms with Gasteiger partial charge in [-0.1, -0.05) is 30.3 Å². The number of likely N-dealkylation sites (N-methyl/N-ethyl adjacent to an activating group) is 1. The van der Waals surface area contributed by atoms with Crippen molar-refractivity contribution in [2.75, 3.05) is 32.9 Å². The zero-order valence-corrected chi connectivity index (χ0v) is 20.1. The lowest BCUT2D eigenvalue weighted by Gasteiger charge is -2.15. The molecule has 2 rings (SSSR count). The maximum atomic E-state index is 11.9. The molecule has 0 heterocycles. The van der Waals surface area contributed by atoms with Crippen LogP contribution in [-0.2, 0) is 11.3 Å². The highest BCUT2D eigenvalue weighted by atomic mass is 127. The third-order valence-corrected chi connectivity index (χ3v) is 4.89. The molecule has 0 spiro atoms. The number of carbonyl (C=O) groups is 1. The molecule has 2 N–H and O–H groups in total. The van der Waals surface area contributed by atoms with Crippen LogP contribution in [0.15, 0.2) is 64.5 Å². The predicted octanol–water partition coefficient (Wildman–Crippen LogP) is 3.13. The molecular formula is C20H26IN5O3S. The summed E-state index contributed by atoms with van der Waals surface area (Å²) in [6.45, 7) is 1.14. The average Bonchev–Trinajstić information content (AvgIpc) is 2.73. The average molecular weight is 543 g/mol. The first-order chi connectivity index (χ1) is 14.0.